The Kier molecular flexibility index (Phi) is 5.36. The monoisotopic (exact) mass is 347 g/mol. The highest BCUT2D eigenvalue weighted by molar-refractivity contribution is 7.89. The molecule has 0 saturated heterocycles. The Morgan fingerprint density at radius 3 is 2.38 bits per heavy atom. The zero-order valence-corrected chi connectivity index (χ0v) is 15.0. The Balaban J connectivity index is 2.28. The maximum atomic E-state index is 12.5. The minimum Gasteiger partial charge on any atom is -0.346 e. The highest BCUT2D eigenvalue weighted by Gasteiger charge is 2.22. The summed E-state index contributed by atoms with van der Waals surface area (Å²) in [5.41, 5.74) is 1.83. The molecule has 1 atom stereocenters. The van der Waals surface area contributed by atoms with Gasteiger partial charge in [0.1, 0.15) is 0 Å². The highest BCUT2D eigenvalue weighted by Crippen LogP contribution is 2.20. The van der Waals surface area contributed by atoms with Gasteiger partial charge >= 0.3 is 0 Å². The summed E-state index contributed by atoms with van der Waals surface area (Å²) in [6, 6.07) is 8.11. The number of hydrogen-bond donors (Lipinski definition) is 1. The van der Waals surface area contributed by atoms with Crippen LogP contribution in [0, 0.1) is 6.92 Å². The lowest BCUT2D eigenvalue weighted by atomic mass is 10.1. The van der Waals surface area contributed by atoms with Crippen LogP contribution in [0.2, 0.25) is 0 Å². The van der Waals surface area contributed by atoms with E-state index in [0.29, 0.717) is 11.1 Å². The molecule has 0 aliphatic heterocycles. The number of nitrogens with zero attached hydrogens (tertiary/aromatic N) is 2. The number of pyridine rings is 1. The van der Waals surface area contributed by atoms with Crippen LogP contribution >= 0.6 is 0 Å². The number of carbonyl (C=O) groups is 1. The fourth-order valence-electron chi connectivity index (χ4n) is 2.23. The Labute approximate surface area is 142 Å². The van der Waals surface area contributed by atoms with E-state index in [2.05, 4.69) is 10.3 Å². The molecule has 1 aromatic heterocycles. The summed E-state index contributed by atoms with van der Waals surface area (Å²) in [7, 11) is -0.669. The third kappa shape index (κ3) is 3.80. The van der Waals surface area contributed by atoms with Crippen LogP contribution in [0.1, 0.15) is 34.5 Å². The normalized spacial score (nSPS) is 12.9. The van der Waals surface area contributed by atoms with Crippen LogP contribution in [-0.4, -0.2) is 37.7 Å². The van der Waals surface area contributed by atoms with Gasteiger partial charge in [0.25, 0.3) is 5.91 Å². The molecule has 1 heterocycles. The molecule has 0 aliphatic rings. The van der Waals surface area contributed by atoms with E-state index in [4.69, 9.17) is 0 Å². The predicted molar refractivity (Wildman–Crippen MR) is 92.2 cm³/mol. The van der Waals surface area contributed by atoms with Crippen molar-refractivity contribution in [2.45, 2.75) is 24.8 Å². The van der Waals surface area contributed by atoms with Gasteiger partial charge in [0, 0.05) is 32.1 Å². The van der Waals surface area contributed by atoms with Crippen LogP contribution in [-0.2, 0) is 10.0 Å². The van der Waals surface area contributed by atoms with Gasteiger partial charge < -0.3 is 5.32 Å². The second kappa shape index (κ2) is 7.11. The van der Waals surface area contributed by atoms with Gasteiger partial charge in [-0.15, -0.1) is 0 Å². The minimum atomic E-state index is -3.60. The maximum Gasteiger partial charge on any atom is 0.251 e. The van der Waals surface area contributed by atoms with Gasteiger partial charge in [-0.1, -0.05) is 6.07 Å². The topological polar surface area (TPSA) is 79.4 Å². The molecule has 1 amide bonds. The molecule has 2 aromatic rings. The number of sulfonamides is 1. The lowest BCUT2D eigenvalue weighted by Gasteiger charge is -2.16. The molecule has 0 bridgehead atoms. The van der Waals surface area contributed by atoms with Crippen LogP contribution in [0.4, 0.5) is 0 Å². The Morgan fingerprint density at radius 2 is 1.79 bits per heavy atom. The Bertz CT molecular complexity index is 833. The molecular weight excluding hydrogens is 326 g/mol. The maximum absolute atomic E-state index is 12.5. The van der Waals surface area contributed by atoms with Gasteiger partial charge in [-0.3, -0.25) is 9.78 Å². The van der Waals surface area contributed by atoms with Crippen molar-refractivity contribution in [2.75, 3.05) is 14.1 Å². The molecule has 24 heavy (non-hydrogen) atoms. The number of carbonyl (C=O) groups excluding carboxylic acids is 1. The molecule has 7 heteroatoms. The SMILES string of the molecule is Cc1ccc(C(=O)NC(C)c2ccncc2)cc1S(=O)(=O)N(C)C. The molecule has 6 nitrogen and oxygen atoms in total. The summed E-state index contributed by atoms with van der Waals surface area (Å²) in [4.78, 5) is 16.5. The summed E-state index contributed by atoms with van der Waals surface area (Å²) in [6.07, 6.45) is 3.32. The van der Waals surface area contributed by atoms with E-state index >= 15 is 0 Å². The second-order valence-electron chi connectivity index (χ2n) is 5.74. The molecule has 0 spiro atoms. The van der Waals surface area contributed by atoms with Gasteiger partial charge in [-0.2, -0.15) is 0 Å². The molecule has 128 valence electrons. The van der Waals surface area contributed by atoms with Gasteiger partial charge in [0.15, 0.2) is 0 Å². The molecule has 0 saturated carbocycles. The first-order chi connectivity index (χ1) is 11.2. The number of hydrogen-bond acceptors (Lipinski definition) is 4. The molecule has 1 N–H and O–H groups in total. The van der Waals surface area contributed by atoms with Crippen molar-refractivity contribution in [3.05, 3.63) is 59.4 Å². The number of aryl methyl sites for hydroxylation is 1. The second-order valence-corrected chi connectivity index (χ2v) is 7.86. The quantitative estimate of drug-likeness (QED) is 0.899. The number of benzene rings is 1. The van der Waals surface area contributed by atoms with E-state index in [1.165, 1.54) is 20.2 Å². The lowest BCUT2D eigenvalue weighted by molar-refractivity contribution is 0.0939. The van der Waals surface area contributed by atoms with E-state index in [1.807, 2.05) is 19.1 Å². The van der Waals surface area contributed by atoms with Crippen molar-refractivity contribution in [2.24, 2.45) is 0 Å². The van der Waals surface area contributed by atoms with Gasteiger partial charge in [0.05, 0.1) is 10.9 Å². The fraction of sp³-hybridized carbons (Fsp3) is 0.294. The Morgan fingerprint density at radius 1 is 1.17 bits per heavy atom. The van der Waals surface area contributed by atoms with E-state index in [9.17, 15) is 13.2 Å². The summed E-state index contributed by atoms with van der Waals surface area (Å²) in [5, 5.41) is 2.86. The highest BCUT2D eigenvalue weighted by atomic mass is 32.2. The standard InChI is InChI=1S/C17H21N3O3S/c1-12-5-6-15(11-16(12)24(22,23)20(3)4)17(21)19-13(2)14-7-9-18-10-8-14/h5-11,13H,1-4H3,(H,19,21). The predicted octanol–water partition coefficient (Wildman–Crippen LogP) is 2.13. The third-order valence-corrected chi connectivity index (χ3v) is 5.72. The van der Waals surface area contributed by atoms with Gasteiger partial charge in [-0.25, -0.2) is 12.7 Å². The summed E-state index contributed by atoms with van der Waals surface area (Å²) >= 11 is 0. The smallest absolute Gasteiger partial charge is 0.251 e. The van der Waals surface area contributed by atoms with Crippen molar-refractivity contribution in [1.29, 1.82) is 0 Å². The average Bonchev–Trinajstić information content (AvgIpc) is 2.55. The summed E-state index contributed by atoms with van der Waals surface area (Å²) < 4.78 is 25.9. The van der Waals surface area contributed by atoms with Crippen molar-refractivity contribution in [3.8, 4) is 0 Å². The number of nitrogens with one attached hydrogen (secondary N) is 1. The van der Waals surface area contributed by atoms with Gasteiger partial charge in [0.2, 0.25) is 10.0 Å². The van der Waals surface area contributed by atoms with Crippen LogP contribution in [0.5, 0.6) is 0 Å². The van der Waals surface area contributed by atoms with Crippen molar-refractivity contribution in [1.82, 2.24) is 14.6 Å². The summed E-state index contributed by atoms with van der Waals surface area (Å²) in [6.45, 7) is 3.57. The van der Waals surface area contributed by atoms with Crippen molar-refractivity contribution < 1.29 is 13.2 Å². The molecule has 0 fully saturated rings. The first kappa shape index (κ1) is 18.1. The number of aromatic nitrogens is 1. The van der Waals surface area contributed by atoms with Gasteiger partial charge in [-0.05, 0) is 49.2 Å². The van der Waals surface area contributed by atoms with Crippen LogP contribution < -0.4 is 5.32 Å². The first-order valence-corrected chi connectivity index (χ1v) is 8.91. The average molecular weight is 347 g/mol. The first-order valence-electron chi connectivity index (χ1n) is 7.47. The van der Waals surface area contributed by atoms with Crippen molar-refractivity contribution in [3.63, 3.8) is 0 Å². The van der Waals surface area contributed by atoms with E-state index in [1.54, 1.807) is 31.5 Å². The number of amides is 1. The van der Waals surface area contributed by atoms with Crippen LogP contribution in [0.25, 0.3) is 0 Å². The van der Waals surface area contributed by atoms with Crippen LogP contribution in [0.3, 0.4) is 0 Å². The van der Waals surface area contributed by atoms with E-state index in [0.717, 1.165) is 9.87 Å². The van der Waals surface area contributed by atoms with Crippen molar-refractivity contribution >= 4 is 15.9 Å². The fourth-order valence-corrected chi connectivity index (χ4v) is 3.38. The zero-order chi connectivity index (χ0) is 17.9. The molecule has 0 aliphatic carbocycles. The largest absolute Gasteiger partial charge is 0.346 e. The molecule has 1 unspecified atom stereocenters. The van der Waals surface area contributed by atoms with Crippen LogP contribution in [0.15, 0.2) is 47.6 Å². The summed E-state index contributed by atoms with van der Waals surface area (Å²) in [5.74, 6) is -0.325. The molecular formula is C17H21N3O3S. The third-order valence-electron chi connectivity index (χ3n) is 3.76. The number of rotatable bonds is 5. The Hall–Kier alpha value is -2.25. The lowest BCUT2D eigenvalue weighted by Crippen LogP contribution is -2.28. The molecule has 2 rings (SSSR count). The van der Waals surface area contributed by atoms with E-state index in [-0.39, 0.29) is 16.8 Å². The minimum absolute atomic E-state index is 0.136. The molecule has 1 aromatic carbocycles. The van der Waals surface area contributed by atoms with E-state index < -0.39 is 10.0 Å². The zero-order valence-electron chi connectivity index (χ0n) is 14.1. The molecule has 0 radical (unpaired) electrons.